The quantitative estimate of drug-likeness (QED) is 0.849. The molecule has 0 aromatic carbocycles. The van der Waals surface area contributed by atoms with Gasteiger partial charge in [0.15, 0.2) is 5.03 Å². The number of aliphatic hydroxyl groups excluding tert-OH is 1. The fourth-order valence-electron chi connectivity index (χ4n) is 1.17. The molecular weight excluding hydrogens is 276 g/mol. The summed E-state index contributed by atoms with van der Waals surface area (Å²) in [5.74, 6) is 0. The van der Waals surface area contributed by atoms with Crippen molar-refractivity contribution in [1.82, 2.24) is 15.2 Å². The molecule has 0 spiro atoms. The first kappa shape index (κ1) is 12.9. The van der Waals surface area contributed by atoms with E-state index in [-0.39, 0.29) is 16.8 Å². The summed E-state index contributed by atoms with van der Waals surface area (Å²) in [7, 11) is -3.76. The number of rotatable bonds is 4. The maximum Gasteiger partial charge on any atom is 0.281 e. The van der Waals surface area contributed by atoms with Gasteiger partial charge < -0.3 is 5.11 Å². The molecule has 2 rings (SSSR count). The Labute approximate surface area is 108 Å². The Hall–Kier alpha value is -1.58. The van der Waals surface area contributed by atoms with Crippen LogP contribution in [0.5, 0.6) is 0 Å². The lowest BCUT2D eigenvalue weighted by molar-refractivity contribution is 0.281. The van der Waals surface area contributed by atoms with E-state index in [4.69, 9.17) is 5.11 Å². The fourth-order valence-corrected chi connectivity index (χ4v) is 2.92. The van der Waals surface area contributed by atoms with E-state index in [1.165, 1.54) is 18.3 Å². The normalized spacial score (nSPS) is 11.4. The van der Waals surface area contributed by atoms with Crippen LogP contribution in [0, 0.1) is 6.92 Å². The Bertz CT molecular complexity index is 636. The lowest BCUT2D eigenvalue weighted by atomic mass is 10.3. The summed E-state index contributed by atoms with van der Waals surface area (Å²) in [5.41, 5.74) is 0.542. The van der Waals surface area contributed by atoms with E-state index >= 15 is 0 Å². The van der Waals surface area contributed by atoms with Gasteiger partial charge in [-0.3, -0.25) is 4.72 Å². The zero-order chi connectivity index (χ0) is 13.2. The minimum Gasteiger partial charge on any atom is -0.392 e. The first-order valence-corrected chi connectivity index (χ1v) is 7.20. The summed E-state index contributed by atoms with van der Waals surface area (Å²) in [5, 5.41) is 17.0. The summed E-state index contributed by atoms with van der Waals surface area (Å²) in [6.07, 6.45) is 1.31. The van der Waals surface area contributed by atoms with Gasteiger partial charge in [0.1, 0.15) is 5.01 Å². The molecule has 0 radical (unpaired) electrons. The number of nitrogens with one attached hydrogen (secondary N) is 1. The standard InChI is InChI=1S/C9H10N4O3S2/c1-6-11-12-9(17-6)13-18(15,16)8-3-2-7(5-14)4-10-8/h2-4,14H,5H2,1H3,(H,12,13). The average Bonchev–Trinajstić information content (AvgIpc) is 2.74. The van der Waals surface area contributed by atoms with Crippen molar-refractivity contribution in [1.29, 1.82) is 0 Å². The third-order valence-corrected chi connectivity index (χ3v) is 4.14. The first-order valence-electron chi connectivity index (χ1n) is 4.90. The number of aryl methyl sites for hydroxylation is 1. The molecule has 0 aliphatic rings. The van der Waals surface area contributed by atoms with E-state index in [0.717, 1.165) is 11.3 Å². The van der Waals surface area contributed by atoms with E-state index < -0.39 is 10.0 Å². The third-order valence-electron chi connectivity index (χ3n) is 2.00. The van der Waals surface area contributed by atoms with Crippen LogP contribution in [0.4, 0.5) is 5.13 Å². The topological polar surface area (TPSA) is 105 Å². The molecule has 0 aliphatic carbocycles. The summed E-state index contributed by atoms with van der Waals surface area (Å²) >= 11 is 1.14. The lowest BCUT2D eigenvalue weighted by Crippen LogP contribution is -2.14. The number of aliphatic hydroxyl groups is 1. The van der Waals surface area contributed by atoms with Crippen molar-refractivity contribution in [3.05, 3.63) is 28.9 Å². The van der Waals surface area contributed by atoms with Gasteiger partial charge in [0.05, 0.1) is 6.61 Å². The van der Waals surface area contributed by atoms with E-state index in [1.54, 1.807) is 6.92 Å². The molecule has 2 aromatic heterocycles. The van der Waals surface area contributed by atoms with Gasteiger partial charge in [0.25, 0.3) is 10.0 Å². The van der Waals surface area contributed by atoms with Gasteiger partial charge in [-0.1, -0.05) is 17.4 Å². The van der Waals surface area contributed by atoms with Gasteiger partial charge in [-0.2, -0.15) is 8.42 Å². The largest absolute Gasteiger partial charge is 0.392 e. The van der Waals surface area contributed by atoms with Gasteiger partial charge in [-0.05, 0) is 18.6 Å². The van der Waals surface area contributed by atoms with Crippen molar-refractivity contribution in [3.63, 3.8) is 0 Å². The SMILES string of the molecule is Cc1nnc(NS(=O)(=O)c2ccc(CO)cn2)s1. The lowest BCUT2D eigenvalue weighted by Gasteiger charge is -2.04. The van der Waals surface area contributed by atoms with Crippen molar-refractivity contribution in [2.24, 2.45) is 0 Å². The molecule has 0 amide bonds. The Morgan fingerprint density at radius 1 is 1.39 bits per heavy atom. The molecule has 18 heavy (non-hydrogen) atoms. The predicted octanol–water partition coefficient (Wildman–Crippen LogP) is 0.535. The van der Waals surface area contributed by atoms with Crippen LogP contribution in [-0.4, -0.2) is 28.7 Å². The highest BCUT2D eigenvalue weighted by Crippen LogP contribution is 2.18. The Morgan fingerprint density at radius 2 is 2.17 bits per heavy atom. The zero-order valence-electron chi connectivity index (χ0n) is 9.36. The zero-order valence-corrected chi connectivity index (χ0v) is 11.0. The number of sulfonamides is 1. The molecule has 9 heteroatoms. The molecule has 0 fully saturated rings. The first-order chi connectivity index (χ1) is 8.51. The Balaban J connectivity index is 2.24. The summed E-state index contributed by atoms with van der Waals surface area (Å²) in [6.45, 7) is 1.54. The number of aromatic nitrogens is 3. The molecule has 0 saturated carbocycles. The molecule has 2 N–H and O–H groups in total. The second-order valence-electron chi connectivity index (χ2n) is 3.39. The summed E-state index contributed by atoms with van der Waals surface area (Å²) in [6, 6.07) is 2.81. The Morgan fingerprint density at radius 3 is 2.67 bits per heavy atom. The molecule has 96 valence electrons. The molecule has 0 bridgehead atoms. The van der Waals surface area contributed by atoms with Crippen LogP contribution in [0.3, 0.4) is 0 Å². The van der Waals surface area contributed by atoms with E-state index in [1.807, 2.05) is 0 Å². The maximum atomic E-state index is 11.9. The molecular formula is C9H10N4O3S2. The van der Waals surface area contributed by atoms with Crippen LogP contribution < -0.4 is 4.72 Å². The predicted molar refractivity (Wildman–Crippen MR) is 65.6 cm³/mol. The summed E-state index contributed by atoms with van der Waals surface area (Å²) < 4.78 is 26.1. The highest BCUT2D eigenvalue weighted by molar-refractivity contribution is 7.92. The number of hydrogen-bond donors (Lipinski definition) is 2. The van der Waals surface area contributed by atoms with Gasteiger partial charge in [0, 0.05) is 6.20 Å². The monoisotopic (exact) mass is 286 g/mol. The molecule has 0 saturated heterocycles. The van der Waals surface area contributed by atoms with Crippen LogP contribution >= 0.6 is 11.3 Å². The highest BCUT2D eigenvalue weighted by Gasteiger charge is 2.17. The van der Waals surface area contributed by atoms with Crippen LogP contribution in [0.25, 0.3) is 0 Å². The molecule has 0 aliphatic heterocycles. The van der Waals surface area contributed by atoms with Crippen LogP contribution in [0.15, 0.2) is 23.4 Å². The average molecular weight is 286 g/mol. The van der Waals surface area contributed by atoms with Crippen molar-refractivity contribution in [3.8, 4) is 0 Å². The molecule has 7 nitrogen and oxygen atoms in total. The van der Waals surface area contributed by atoms with Crippen molar-refractivity contribution in [2.45, 2.75) is 18.6 Å². The van der Waals surface area contributed by atoms with Crippen LogP contribution in [-0.2, 0) is 16.6 Å². The molecule has 0 unspecified atom stereocenters. The Kier molecular flexibility index (Phi) is 3.55. The molecule has 0 atom stereocenters. The van der Waals surface area contributed by atoms with Crippen molar-refractivity contribution < 1.29 is 13.5 Å². The highest BCUT2D eigenvalue weighted by atomic mass is 32.2. The summed E-state index contributed by atoms with van der Waals surface area (Å²) in [4.78, 5) is 3.77. The fraction of sp³-hybridized carbons (Fsp3) is 0.222. The van der Waals surface area contributed by atoms with Crippen molar-refractivity contribution in [2.75, 3.05) is 4.72 Å². The van der Waals surface area contributed by atoms with Gasteiger partial charge in [-0.25, -0.2) is 4.98 Å². The number of hydrogen-bond acceptors (Lipinski definition) is 7. The van der Waals surface area contributed by atoms with Gasteiger partial charge >= 0.3 is 0 Å². The van der Waals surface area contributed by atoms with Crippen LogP contribution in [0.2, 0.25) is 0 Å². The minimum absolute atomic E-state index is 0.132. The second-order valence-corrected chi connectivity index (χ2v) is 6.21. The minimum atomic E-state index is -3.76. The van der Waals surface area contributed by atoms with Gasteiger partial charge in [-0.15, -0.1) is 10.2 Å². The maximum absolute atomic E-state index is 11.9. The molecule has 2 aromatic rings. The number of nitrogens with zero attached hydrogens (tertiary/aromatic N) is 3. The van der Waals surface area contributed by atoms with Crippen molar-refractivity contribution >= 4 is 26.5 Å². The van der Waals surface area contributed by atoms with E-state index in [0.29, 0.717) is 10.6 Å². The third kappa shape index (κ3) is 2.81. The smallest absolute Gasteiger partial charge is 0.281 e. The number of anilines is 1. The van der Waals surface area contributed by atoms with E-state index in [9.17, 15) is 8.42 Å². The van der Waals surface area contributed by atoms with E-state index in [2.05, 4.69) is 19.9 Å². The number of pyridine rings is 1. The van der Waals surface area contributed by atoms with Crippen LogP contribution in [0.1, 0.15) is 10.6 Å². The second kappa shape index (κ2) is 4.96. The molecule has 2 heterocycles. The van der Waals surface area contributed by atoms with Gasteiger partial charge in [0.2, 0.25) is 5.13 Å².